The predicted molar refractivity (Wildman–Crippen MR) is 41.8 cm³/mol. The molecule has 1 N–H and O–H groups in total. The number of aryl methyl sites for hydroxylation is 1. The lowest BCUT2D eigenvalue weighted by atomic mass is 10.2. The molecule has 0 aliphatic heterocycles. The molecule has 0 aliphatic rings. The van der Waals surface area contributed by atoms with E-state index in [1.54, 1.807) is 6.92 Å². The van der Waals surface area contributed by atoms with Gasteiger partial charge in [-0.2, -0.15) is 0 Å². The van der Waals surface area contributed by atoms with Crippen LogP contribution in [0.4, 0.5) is 8.78 Å². The minimum Gasteiger partial charge on any atom is -0.325 e. The van der Waals surface area contributed by atoms with Gasteiger partial charge in [0.2, 0.25) is 0 Å². The maximum absolute atomic E-state index is 12.1. The third-order valence-electron chi connectivity index (χ3n) is 1.44. The van der Waals surface area contributed by atoms with Gasteiger partial charge in [-0.3, -0.25) is 4.79 Å². The molecule has 0 aromatic carbocycles. The molecule has 1 aromatic heterocycles. The van der Waals surface area contributed by atoms with Crippen molar-refractivity contribution < 1.29 is 8.78 Å². The molecular weight excluding hydrogens is 188 g/mol. The van der Waals surface area contributed by atoms with E-state index < -0.39 is 17.5 Å². The molecule has 0 fully saturated rings. The van der Waals surface area contributed by atoms with Gasteiger partial charge >= 0.3 is 0 Å². The molecule has 0 spiro atoms. The van der Waals surface area contributed by atoms with Crippen LogP contribution in [0.3, 0.4) is 0 Å². The molecule has 1 aromatic rings. The van der Waals surface area contributed by atoms with Gasteiger partial charge in [0.1, 0.15) is 0 Å². The van der Waals surface area contributed by atoms with Crippen LogP contribution in [0, 0.1) is 6.92 Å². The van der Waals surface area contributed by atoms with E-state index in [-0.39, 0.29) is 5.02 Å². The molecule has 66 valence electrons. The quantitative estimate of drug-likeness (QED) is 0.729. The Morgan fingerprint density at radius 3 is 2.67 bits per heavy atom. The zero-order chi connectivity index (χ0) is 9.30. The van der Waals surface area contributed by atoms with Crippen molar-refractivity contribution in [2.24, 2.45) is 0 Å². The zero-order valence-corrected chi connectivity index (χ0v) is 6.95. The van der Waals surface area contributed by atoms with Crippen molar-refractivity contribution in [2.75, 3.05) is 0 Å². The van der Waals surface area contributed by atoms with Crippen LogP contribution in [-0.4, -0.2) is 4.98 Å². The highest BCUT2D eigenvalue weighted by molar-refractivity contribution is 6.31. The van der Waals surface area contributed by atoms with Gasteiger partial charge < -0.3 is 4.98 Å². The Kier molecular flexibility index (Phi) is 2.47. The average Bonchev–Trinajstić information content (AvgIpc) is 1.96. The highest BCUT2D eigenvalue weighted by atomic mass is 35.5. The number of hydrogen-bond donors (Lipinski definition) is 1. The second-order valence-corrected chi connectivity index (χ2v) is 2.73. The minimum atomic E-state index is -2.79. The molecule has 0 unspecified atom stereocenters. The van der Waals surface area contributed by atoms with E-state index in [4.69, 9.17) is 11.6 Å². The maximum atomic E-state index is 12.1. The van der Waals surface area contributed by atoms with Crippen molar-refractivity contribution in [2.45, 2.75) is 13.3 Å². The summed E-state index contributed by atoms with van der Waals surface area (Å²) in [5, 5.41) is 0.143. The first-order valence-corrected chi connectivity index (χ1v) is 3.57. The maximum Gasteiger partial charge on any atom is 0.269 e. The van der Waals surface area contributed by atoms with Crippen molar-refractivity contribution in [1.82, 2.24) is 4.98 Å². The fraction of sp³-hybridized carbons (Fsp3) is 0.286. The van der Waals surface area contributed by atoms with Crippen molar-refractivity contribution in [3.05, 3.63) is 32.7 Å². The first-order chi connectivity index (χ1) is 5.52. The minimum absolute atomic E-state index is 0.143. The van der Waals surface area contributed by atoms with Gasteiger partial charge in [-0.1, -0.05) is 11.6 Å². The standard InChI is InChI=1S/C7H6ClF2NO/c1-3-5(8)2-4(6(9)10)7(12)11-3/h2,6H,1H3,(H,11,12). The van der Waals surface area contributed by atoms with Gasteiger partial charge in [0.25, 0.3) is 12.0 Å². The Balaban J connectivity index is 3.33. The number of nitrogens with one attached hydrogen (secondary N) is 1. The number of H-pyrrole nitrogens is 1. The smallest absolute Gasteiger partial charge is 0.269 e. The van der Waals surface area contributed by atoms with Gasteiger partial charge in [-0.05, 0) is 13.0 Å². The number of pyridine rings is 1. The van der Waals surface area contributed by atoms with Gasteiger partial charge in [0.05, 0.1) is 10.6 Å². The molecule has 0 amide bonds. The van der Waals surface area contributed by atoms with Gasteiger partial charge in [-0.15, -0.1) is 0 Å². The summed E-state index contributed by atoms with van der Waals surface area (Å²) >= 11 is 5.53. The summed E-state index contributed by atoms with van der Waals surface area (Å²) in [4.78, 5) is 13.1. The summed E-state index contributed by atoms with van der Waals surface area (Å²) in [6.07, 6.45) is -2.79. The summed E-state index contributed by atoms with van der Waals surface area (Å²) in [7, 11) is 0. The van der Waals surface area contributed by atoms with Crippen LogP contribution in [0.15, 0.2) is 10.9 Å². The second-order valence-electron chi connectivity index (χ2n) is 2.33. The Morgan fingerprint density at radius 2 is 2.17 bits per heavy atom. The number of halogens is 3. The summed E-state index contributed by atoms with van der Waals surface area (Å²) in [6, 6.07) is 0.986. The molecule has 0 saturated heterocycles. The zero-order valence-electron chi connectivity index (χ0n) is 6.20. The van der Waals surface area contributed by atoms with E-state index in [0.29, 0.717) is 5.69 Å². The highest BCUT2D eigenvalue weighted by Crippen LogP contribution is 2.19. The summed E-state index contributed by atoms with van der Waals surface area (Å²) in [5.41, 5.74) is -0.983. The average molecular weight is 194 g/mol. The first kappa shape index (κ1) is 9.19. The van der Waals surface area contributed by atoms with Crippen molar-refractivity contribution in [1.29, 1.82) is 0 Å². The lowest BCUT2D eigenvalue weighted by molar-refractivity contribution is 0.149. The third-order valence-corrected chi connectivity index (χ3v) is 1.83. The Bertz CT molecular complexity index is 348. The van der Waals surface area contributed by atoms with Crippen LogP contribution >= 0.6 is 11.6 Å². The molecule has 0 bridgehead atoms. The number of rotatable bonds is 1. The van der Waals surface area contributed by atoms with E-state index in [9.17, 15) is 13.6 Å². The van der Waals surface area contributed by atoms with Crippen LogP contribution < -0.4 is 5.56 Å². The van der Waals surface area contributed by atoms with E-state index in [1.807, 2.05) is 0 Å². The van der Waals surface area contributed by atoms with Crippen molar-refractivity contribution in [3.63, 3.8) is 0 Å². The Labute approximate surface area is 72.2 Å². The van der Waals surface area contributed by atoms with Crippen LogP contribution in [-0.2, 0) is 0 Å². The fourth-order valence-electron chi connectivity index (χ4n) is 0.775. The van der Waals surface area contributed by atoms with Crippen molar-refractivity contribution >= 4 is 11.6 Å². The Hall–Kier alpha value is -0.900. The predicted octanol–water partition coefficient (Wildman–Crippen LogP) is 2.27. The Morgan fingerprint density at radius 1 is 1.58 bits per heavy atom. The van der Waals surface area contributed by atoms with Gasteiger partial charge in [-0.25, -0.2) is 8.78 Å². The monoisotopic (exact) mass is 193 g/mol. The van der Waals surface area contributed by atoms with Gasteiger partial charge in [0.15, 0.2) is 0 Å². The van der Waals surface area contributed by atoms with Gasteiger partial charge in [0, 0.05) is 5.69 Å². The van der Waals surface area contributed by atoms with E-state index >= 15 is 0 Å². The van der Waals surface area contributed by atoms with Crippen molar-refractivity contribution in [3.8, 4) is 0 Å². The third kappa shape index (κ3) is 1.64. The SMILES string of the molecule is Cc1[nH]c(=O)c(C(F)F)cc1Cl. The molecule has 5 heteroatoms. The number of alkyl halides is 2. The molecule has 0 saturated carbocycles. The lowest BCUT2D eigenvalue weighted by Crippen LogP contribution is -2.13. The highest BCUT2D eigenvalue weighted by Gasteiger charge is 2.13. The van der Waals surface area contributed by atoms with Crippen LogP contribution in [0.1, 0.15) is 17.7 Å². The summed E-state index contributed by atoms with van der Waals surface area (Å²) in [6.45, 7) is 1.54. The second kappa shape index (κ2) is 3.23. The molecule has 0 atom stereocenters. The summed E-state index contributed by atoms with van der Waals surface area (Å²) < 4.78 is 24.1. The molecule has 1 rings (SSSR count). The van der Waals surface area contributed by atoms with Crippen LogP contribution in [0.25, 0.3) is 0 Å². The van der Waals surface area contributed by atoms with Crippen LogP contribution in [0.5, 0.6) is 0 Å². The molecule has 0 aliphatic carbocycles. The molecule has 1 heterocycles. The fourth-order valence-corrected chi connectivity index (χ4v) is 0.939. The first-order valence-electron chi connectivity index (χ1n) is 3.20. The normalized spacial score (nSPS) is 10.8. The molecule has 2 nitrogen and oxygen atoms in total. The largest absolute Gasteiger partial charge is 0.325 e. The van der Waals surface area contributed by atoms with E-state index in [0.717, 1.165) is 6.07 Å². The summed E-state index contributed by atoms with van der Waals surface area (Å²) in [5.74, 6) is 0. The van der Waals surface area contributed by atoms with E-state index in [2.05, 4.69) is 4.98 Å². The molecule has 12 heavy (non-hydrogen) atoms. The number of aromatic nitrogens is 1. The van der Waals surface area contributed by atoms with E-state index in [1.165, 1.54) is 0 Å². The molecule has 0 radical (unpaired) electrons. The lowest BCUT2D eigenvalue weighted by Gasteiger charge is -2.01. The number of aromatic amines is 1. The number of hydrogen-bond acceptors (Lipinski definition) is 1. The molecular formula is C7H6ClF2NO. The van der Waals surface area contributed by atoms with Crippen LogP contribution in [0.2, 0.25) is 5.02 Å². The topological polar surface area (TPSA) is 32.9 Å².